The highest BCUT2D eigenvalue weighted by Crippen LogP contribution is 2.54. The monoisotopic (exact) mass is 693 g/mol. The van der Waals surface area contributed by atoms with Crippen molar-refractivity contribution in [2.75, 3.05) is 4.90 Å². The van der Waals surface area contributed by atoms with E-state index in [1.54, 1.807) is 0 Å². The van der Waals surface area contributed by atoms with Crippen molar-refractivity contribution in [2.45, 2.75) is 19.3 Å². The van der Waals surface area contributed by atoms with Crippen molar-refractivity contribution in [3.8, 4) is 33.4 Å². The second kappa shape index (κ2) is 11.6. The van der Waals surface area contributed by atoms with Crippen LogP contribution in [-0.4, -0.2) is 0 Å². The van der Waals surface area contributed by atoms with Gasteiger partial charge in [0.05, 0.1) is 11.1 Å². The molecule has 54 heavy (non-hydrogen) atoms. The third-order valence-corrected chi connectivity index (χ3v) is 11.5. The molecular formula is C51H35NO2. The molecule has 3 heteroatoms. The summed E-state index contributed by atoms with van der Waals surface area (Å²) in [6, 6.07) is 62.9. The Morgan fingerprint density at radius 3 is 1.89 bits per heavy atom. The van der Waals surface area contributed by atoms with E-state index in [2.05, 4.69) is 176 Å². The van der Waals surface area contributed by atoms with Crippen LogP contribution in [-0.2, 0) is 5.41 Å². The lowest BCUT2D eigenvalue weighted by atomic mass is 9.82. The van der Waals surface area contributed by atoms with E-state index in [1.165, 1.54) is 33.4 Å². The molecule has 0 N–H and O–H groups in total. The van der Waals surface area contributed by atoms with E-state index < -0.39 is 0 Å². The molecule has 11 rings (SSSR count). The molecule has 10 aromatic rings. The first-order chi connectivity index (χ1) is 26.5. The van der Waals surface area contributed by atoms with Gasteiger partial charge in [0.1, 0.15) is 22.3 Å². The summed E-state index contributed by atoms with van der Waals surface area (Å²) in [7, 11) is 0. The van der Waals surface area contributed by atoms with E-state index in [0.717, 1.165) is 72.1 Å². The number of hydrogen-bond acceptors (Lipinski definition) is 3. The zero-order valence-corrected chi connectivity index (χ0v) is 30.0. The number of fused-ring (bicyclic) bond motifs is 9. The van der Waals surface area contributed by atoms with Gasteiger partial charge >= 0.3 is 0 Å². The van der Waals surface area contributed by atoms with Gasteiger partial charge in [0.15, 0.2) is 0 Å². The normalized spacial score (nSPS) is 13.1. The van der Waals surface area contributed by atoms with Gasteiger partial charge in [-0.2, -0.15) is 0 Å². The number of anilines is 3. The second-order valence-electron chi connectivity index (χ2n) is 14.9. The van der Waals surface area contributed by atoms with Crippen LogP contribution in [0.5, 0.6) is 0 Å². The smallest absolute Gasteiger partial charge is 0.143 e. The molecule has 0 atom stereocenters. The topological polar surface area (TPSA) is 29.5 Å². The van der Waals surface area contributed by atoms with Gasteiger partial charge in [-0.3, -0.25) is 0 Å². The van der Waals surface area contributed by atoms with Crippen LogP contribution < -0.4 is 4.90 Å². The molecule has 0 bridgehead atoms. The minimum Gasteiger partial charge on any atom is -0.456 e. The zero-order chi connectivity index (χ0) is 36.0. The molecule has 256 valence electrons. The average molecular weight is 694 g/mol. The lowest BCUT2D eigenvalue weighted by Gasteiger charge is -2.28. The lowest BCUT2D eigenvalue weighted by molar-refractivity contribution is 0.660. The molecule has 0 aliphatic heterocycles. The number of rotatable bonds is 5. The number of nitrogens with zero attached hydrogens (tertiary/aromatic N) is 1. The predicted molar refractivity (Wildman–Crippen MR) is 224 cm³/mol. The third kappa shape index (κ3) is 4.48. The highest BCUT2D eigenvalue weighted by molar-refractivity contribution is 6.14. The second-order valence-corrected chi connectivity index (χ2v) is 14.9. The summed E-state index contributed by atoms with van der Waals surface area (Å²) in [6.07, 6.45) is 0. The summed E-state index contributed by atoms with van der Waals surface area (Å²) in [4.78, 5) is 2.40. The van der Waals surface area contributed by atoms with Gasteiger partial charge < -0.3 is 13.7 Å². The maximum atomic E-state index is 6.44. The predicted octanol–water partition coefficient (Wildman–Crippen LogP) is 14.6. The highest BCUT2D eigenvalue weighted by Gasteiger charge is 2.37. The number of benzene rings is 8. The van der Waals surface area contributed by atoms with Crippen molar-refractivity contribution < 1.29 is 8.83 Å². The van der Waals surface area contributed by atoms with Crippen LogP contribution >= 0.6 is 0 Å². The van der Waals surface area contributed by atoms with Crippen LogP contribution in [0.1, 0.15) is 25.0 Å². The fourth-order valence-electron chi connectivity index (χ4n) is 8.92. The maximum Gasteiger partial charge on any atom is 0.143 e. The van der Waals surface area contributed by atoms with Crippen LogP contribution in [0.4, 0.5) is 17.1 Å². The Morgan fingerprint density at radius 1 is 0.426 bits per heavy atom. The van der Waals surface area contributed by atoms with Gasteiger partial charge in [0.25, 0.3) is 0 Å². The molecule has 0 unspecified atom stereocenters. The summed E-state index contributed by atoms with van der Waals surface area (Å²) in [5.41, 5.74) is 16.6. The molecule has 0 saturated carbocycles. The lowest BCUT2D eigenvalue weighted by Crippen LogP contribution is -2.15. The Kier molecular flexibility index (Phi) is 6.60. The van der Waals surface area contributed by atoms with E-state index in [4.69, 9.17) is 8.83 Å². The standard InChI is InChI=1S/C51H35NO2/c1-51(2)42-30-29-35(31-41(42)48-36(17-11-20-43(48)51)32-13-4-3-5-14-32)52(44-21-12-24-47-49(44)40-16-7-9-23-46(40)53-47)34-27-25-33(26-28-34)37-18-10-19-39-38-15-6-8-22-45(38)54-50(37)39/h3-31H,1-2H3. The number of furan rings is 2. The van der Waals surface area contributed by atoms with Crippen molar-refractivity contribution in [3.63, 3.8) is 0 Å². The molecule has 0 fully saturated rings. The van der Waals surface area contributed by atoms with Gasteiger partial charge in [0.2, 0.25) is 0 Å². The fourth-order valence-corrected chi connectivity index (χ4v) is 8.92. The number of para-hydroxylation sites is 3. The third-order valence-electron chi connectivity index (χ3n) is 11.5. The Hall–Kier alpha value is -6.84. The van der Waals surface area contributed by atoms with Crippen LogP contribution in [0.15, 0.2) is 185 Å². The molecule has 0 spiro atoms. The minimum atomic E-state index is -0.140. The Balaban J connectivity index is 1.13. The van der Waals surface area contributed by atoms with Crippen molar-refractivity contribution in [1.82, 2.24) is 0 Å². The van der Waals surface area contributed by atoms with Crippen LogP contribution in [0.2, 0.25) is 0 Å². The van der Waals surface area contributed by atoms with Crippen molar-refractivity contribution in [1.29, 1.82) is 0 Å². The fraction of sp³-hybridized carbons (Fsp3) is 0.0588. The van der Waals surface area contributed by atoms with Crippen LogP contribution in [0.3, 0.4) is 0 Å². The van der Waals surface area contributed by atoms with Crippen LogP contribution in [0, 0.1) is 0 Å². The van der Waals surface area contributed by atoms with E-state index in [0.29, 0.717) is 0 Å². The summed E-state index contributed by atoms with van der Waals surface area (Å²) >= 11 is 0. The number of hydrogen-bond donors (Lipinski definition) is 0. The highest BCUT2D eigenvalue weighted by atomic mass is 16.3. The van der Waals surface area contributed by atoms with Gasteiger partial charge in [-0.1, -0.05) is 141 Å². The minimum absolute atomic E-state index is 0.140. The SMILES string of the molecule is CC1(C)c2ccc(N(c3ccc(-c4cccc5c4oc4ccccc45)cc3)c3cccc4oc5ccccc5c34)cc2-c2c(-c3ccccc3)cccc21. The Morgan fingerprint density at radius 2 is 1.06 bits per heavy atom. The van der Waals surface area contributed by atoms with E-state index in [-0.39, 0.29) is 5.41 Å². The first kappa shape index (κ1) is 30.8. The molecule has 1 aliphatic rings. The molecule has 0 radical (unpaired) electrons. The van der Waals surface area contributed by atoms with Crippen molar-refractivity contribution in [2.24, 2.45) is 0 Å². The summed E-state index contributed by atoms with van der Waals surface area (Å²) < 4.78 is 12.9. The van der Waals surface area contributed by atoms with Crippen molar-refractivity contribution in [3.05, 3.63) is 187 Å². The quantitative estimate of drug-likeness (QED) is 0.180. The van der Waals surface area contributed by atoms with E-state index in [1.807, 2.05) is 18.2 Å². The van der Waals surface area contributed by atoms with Crippen LogP contribution in [0.25, 0.3) is 77.3 Å². The Bertz CT molecular complexity index is 3070. The average Bonchev–Trinajstić information content (AvgIpc) is 3.87. The first-order valence-electron chi connectivity index (χ1n) is 18.6. The first-order valence-corrected chi connectivity index (χ1v) is 18.6. The molecular weight excluding hydrogens is 659 g/mol. The van der Waals surface area contributed by atoms with Gasteiger partial charge in [-0.25, -0.2) is 0 Å². The molecule has 2 heterocycles. The largest absolute Gasteiger partial charge is 0.456 e. The van der Waals surface area contributed by atoms with Gasteiger partial charge in [-0.05, 0) is 87.5 Å². The summed E-state index contributed by atoms with van der Waals surface area (Å²) in [6.45, 7) is 4.70. The molecule has 3 nitrogen and oxygen atoms in total. The molecule has 8 aromatic carbocycles. The van der Waals surface area contributed by atoms with Gasteiger partial charge in [0, 0.05) is 38.5 Å². The summed E-state index contributed by atoms with van der Waals surface area (Å²) in [5, 5.41) is 4.45. The van der Waals surface area contributed by atoms with E-state index >= 15 is 0 Å². The molecule has 1 aliphatic carbocycles. The van der Waals surface area contributed by atoms with Gasteiger partial charge in [-0.15, -0.1) is 0 Å². The molecule has 2 aromatic heterocycles. The Labute approximate surface area is 313 Å². The molecule has 0 saturated heterocycles. The summed E-state index contributed by atoms with van der Waals surface area (Å²) in [5.74, 6) is 0. The zero-order valence-electron chi connectivity index (χ0n) is 30.0. The maximum absolute atomic E-state index is 6.44. The molecule has 0 amide bonds. The van der Waals surface area contributed by atoms with Crippen molar-refractivity contribution >= 4 is 60.9 Å². The van der Waals surface area contributed by atoms with E-state index in [9.17, 15) is 0 Å².